The zero-order chi connectivity index (χ0) is 25.4. The second-order valence-corrected chi connectivity index (χ2v) is 10.7. The number of benzene rings is 4. The van der Waals surface area contributed by atoms with Crippen molar-refractivity contribution in [1.82, 2.24) is 4.98 Å². The summed E-state index contributed by atoms with van der Waals surface area (Å²) >= 11 is 15.9. The molecule has 0 amide bonds. The first kappa shape index (κ1) is 24.0. The van der Waals surface area contributed by atoms with Gasteiger partial charge < -0.3 is 5.32 Å². The van der Waals surface area contributed by atoms with Crippen molar-refractivity contribution in [3.05, 3.63) is 129 Å². The van der Waals surface area contributed by atoms with Crippen LogP contribution in [0.4, 0.5) is 17.1 Å². The number of fused-ring (bicyclic) bond motifs is 1. The Morgan fingerprint density at radius 2 is 1.62 bits per heavy atom. The highest BCUT2D eigenvalue weighted by Crippen LogP contribution is 2.38. The number of anilines is 3. The maximum Gasteiger partial charge on any atom is 0.0832 e. The number of pyridine rings is 1. The van der Waals surface area contributed by atoms with Crippen LogP contribution in [0.3, 0.4) is 0 Å². The molecule has 1 N–H and O–H groups in total. The van der Waals surface area contributed by atoms with Gasteiger partial charge in [0.05, 0.1) is 23.0 Å². The van der Waals surface area contributed by atoms with Gasteiger partial charge in [-0.3, -0.25) is 9.99 Å². The monoisotopic (exact) mass is 586 g/mol. The SMILES string of the molecule is Clc1ccc(N2N=C(c3ccc(Br)cc3)CC2c2cccc(Nc3ccnc4cc(Cl)ccc34)c2)cc1. The first-order valence-corrected chi connectivity index (χ1v) is 13.4. The molecule has 0 radical (unpaired) electrons. The van der Waals surface area contributed by atoms with Crippen LogP contribution in [-0.2, 0) is 0 Å². The normalized spacial score (nSPS) is 15.2. The Hall–Kier alpha value is -3.38. The van der Waals surface area contributed by atoms with Gasteiger partial charge in [0.1, 0.15) is 0 Å². The number of aromatic nitrogens is 1. The second kappa shape index (κ2) is 10.2. The van der Waals surface area contributed by atoms with Crippen molar-refractivity contribution in [3.8, 4) is 0 Å². The second-order valence-electron chi connectivity index (χ2n) is 8.86. The molecule has 4 nitrogen and oxygen atoms in total. The molecule has 0 fully saturated rings. The number of rotatable bonds is 5. The van der Waals surface area contributed by atoms with Gasteiger partial charge in [-0.1, -0.05) is 63.4 Å². The number of halogens is 3. The third kappa shape index (κ3) is 5.08. The van der Waals surface area contributed by atoms with Crippen molar-refractivity contribution >= 4 is 72.8 Å². The van der Waals surface area contributed by atoms with Gasteiger partial charge in [-0.25, -0.2) is 0 Å². The van der Waals surface area contributed by atoms with Crippen LogP contribution in [0.2, 0.25) is 10.0 Å². The molecule has 6 rings (SSSR count). The summed E-state index contributed by atoms with van der Waals surface area (Å²) in [6.45, 7) is 0. The fraction of sp³-hybridized carbons (Fsp3) is 0.0667. The highest BCUT2D eigenvalue weighted by Gasteiger charge is 2.30. The highest BCUT2D eigenvalue weighted by molar-refractivity contribution is 9.10. The van der Waals surface area contributed by atoms with E-state index >= 15 is 0 Å². The Labute approximate surface area is 233 Å². The number of nitrogens with one attached hydrogen (secondary N) is 1. The van der Waals surface area contributed by atoms with E-state index in [1.54, 1.807) is 6.20 Å². The molecule has 5 aromatic rings. The number of nitrogens with zero attached hydrogens (tertiary/aromatic N) is 3. The van der Waals surface area contributed by atoms with Gasteiger partial charge in [0.2, 0.25) is 0 Å². The third-order valence-corrected chi connectivity index (χ3v) is 7.45. The number of hydrazone groups is 1. The van der Waals surface area contributed by atoms with E-state index < -0.39 is 0 Å². The minimum absolute atomic E-state index is 0.0366. The number of hydrogen-bond acceptors (Lipinski definition) is 4. The molecular weight excluding hydrogens is 567 g/mol. The first-order valence-electron chi connectivity index (χ1n) is 11.8. The first-order chi connectivity index (χ1) is 18.0. The standard InChI is InChI=1S/C30H21BrCl2N4/c31-21-6-4-19(5-7-21)28-18-30(37(36-28)25-11-8-22(32)9-12-25)20-2-1-3-24(16-20)35-27-14-15-34-29-17-23(33)10-13-26(27)29/h1-17,30H,18H2,(H,34,35). The molecule has 1 aliphatic rings. The summed E-state index contributed by atoms with van der Waals surface area (Å²) in [5.74, 6) is 0. The largest absolute Gasteiger partial charge is 0.355 e. The van der Waals surface area contributed by atoms with Gasteiger partial charge in [0, 0.05) is 43.9 Å². The van der Waals surface area contributed by atoms with Crippen LogP contribution in [0.15, 0.2) is 113 Å². The van der Waals surface area contributed by atoms with Crippen LogP contribution in [-0.4, -0.2) is 10.7 Å². The zero-order valence-electron chi connectivity index (χ0n) is 19.6. The lowest BCUT2D eigenvalue weighted by Crippen LogP contribution is -2.18. The van der Waals surface area contributed by atoms with Gasteiger partial charge in [-0.2, -0.15) is 5.10 Å². The maximum absolute atomic E-state index is 6.18. The summed E-state index contributed by atoms with van der Waals surface area (Å²) in [5, 5.41) is 13.1. The minimum Gasteiger partial charge on any atom is -0.355 e. The molecular formula is C30H21BrCl2N4. The lowest BCUT2D eigenvalue weighted by atomic mass is 9.97. The van der Waals surface area contributed by atoms with Crippen LogP contribution in [0, 0.1) is 0 Å². The Morgan fingerprint density at radius 3 is 2.43 bits per heavy atom. The molecule has 0 spiro atoms. The highest BCUT2D eigenvalue weighted by atomic mass is 79.9. The predicted octanol–water partition coefficient (Wildman–Crippen LogP) is 9.40. The third-order valence-electron chi connectivity index (χ3n) is 6.43. The Balaban J connectivity index is 1.35. The summed E-state index contributed by atoms with van der Waals surface area (Å²) < 4.78 is 1.05. The van der Waals surface area contributed by atoms with E-state index in [2.05, 4.69) is 79.8 Å². The van der Waals surface area contributed by atoms with Gasteiger partial charge in [0.25, 0.3) is 0 Å². The van der Waals surface area contributed by atoms with E-state index in [0.717, 1.165) is 55.7 Å². The van der Waals surface area contributed by atoms with Crippen molar-refractivity contribution in [2.75, 3.05) is 10.3 Å². The van der Waals surface area contributed by atoms with Gasteiger partial charge >= 0.3 is 0 Å². The Morgan fingerprint density at radius 1 is 0.838 bits per heavy atom. The molecule has 0 aliphatic carbocycles. The van der Waals surface area contributed by atoms with E-state index in [0.29, 0.717) is 10.0 Å². The lowest BCUT2D eigenvalue weighted by Gasteiger charge is -2.24. The van der Waals surface area contributed by atoms with Crippen LogP contribution in [0.25, 0.3) is 10.9 Å². The van der Waals surface area contributed by atoms with E-state index in [9.17, 15) is 0 Å². The fourth-order valence-electron chi connectivity index (χ4n) is 4.63. The molecule has 1 unspecified atom stereocenters. The van der Waals surface area contributed by atoms with Crippen LogP contribution < -0.4 is 10.3 Å². The molecule has 1 aliphatic heterocycles. The average molecular weight is 588 g/mol. The lowest BCUT2D eigenvalue weighted by molar-refractivity contribution is 0.709. The Bertz CT molecular complexity index is 1620. The quantitative estimate of drug-likeness (QED) is 0.223. The molecule has 1 aromatic heterocycles. The molecule has 0 saturated heterocycles. The van der Waals surface area contributed by atoms with Crippen molar-refractivity contribution in [1.29, 1.82) is 0 Å². The molecule has 182 valence electrons. The van der Waals surface area contributed by atoms with Crippen molar-refractivity contribution < 1.29 is 0 Å². The van der Waals surface area contributed by atoms with Crippen LogP contribution in [0.1, 0.15) is 23.6 Å². The van der Waals surface area contributed by atoms with Crippen molar-refractivity contribution in [2.45, 2.75) is 12.5 Å². The van der Waals surface area contributed by atoms with E-state index in [1.165, 1.54) is 0 Å². The summed E-state index contributed by atoms with van der Waals surface area (Å²) in [6, 6.07) is 32.4. The van der Waals surface area contributed by atoms with Gasteiger partial charge in [0.15, 0.2) is 0 Å². The van der Waals surface area contributed by atoms with Gasteiger partial charge in [-0.05, 0) is 83.9 Å². The average Bonchev–Trinajstić information content (AvgIpc) is 3.35. The topological polar surface area (TPSA) is 40.5 Å². The maximum atomic E-state index is 6.18. The Kier molecular flexibility index (Phi) is 6.59. The van der Waals surface area contributed by atoms with E-state index in [4.69, 9.17) is 28.3 Å². The minimum atomic E-state index is 0.0366. The number of hydrogen-bond donors (Lipinski definition) is 1. The van der Waals surface area contributed by atoms with Crippen LogP contribution in [0.5, 0.6) is 0 Å². The van der Waals surface area contributed by atoms with Gasteiger partial charge in [-0.15, -0.1) is 0 Å². The molecule has 2 heterocycles. The molecule has 37 heavy (non-hydrogen) atoms. The summed E-state index contributed by atoms with van der Waals surface area (Å²) in [6.07, 6.45) is 2.58. The molecule has 1 atom stereocenters. The van der Waals surface area contributed by atoms with E-state index in [1.807, 2.05) is 48.5 Å². The zero-order valence-corrected chi connectivity index (χ0v) is 22.7. The molecule has 7 heteroatoms. The molecule has 0 saturated carbocycles. The smallest absolute Gasteiger partial charge is 0.0832 e. The molecule has 4 aromatic carbocycles. The summed E-state index contributed by atoms with van der Waals surface area (Å²) in [7, 11) is 0. The fourth-order valence-corrected chi connectivity index (χ4v) is 5.18. The van der Waals surface area contributed by atoms with Crippen molar-refractivity contribution in [3.63, 3.8) is 0 Å². The predicted molar refractivity (Wildman–Crippen MR) is 158 cm³/mol. The molecule has 0 bridgehead atoms. The van der Waals surface area contributed by atoms with Crippen LogP contribution >= 0.6 is 39.1 Å². The summed E-state index contributed by atoms with van der Waals surface area (Å²) in [5.41, 5.74) is 7.14. The van der Waals surface area contributed by atoms with Crippen molar-refractivity contribution in [2.24, 2.45) is 5.10 Å². The summed E-state index contributed by atoms with van der Waals surface area (Å²) in [4.78, 5) is 4.46. The van der Waals surface area contributed by atoms with E-state index in [-0.39, 0.29) is 6.04 Å².